The van der Waals surface area contributed by atoms with E-state index < -0.39 is 10.0 Å². The Morgan fingerprint density at radius 2 is 1.54 bits per heavy atom. The Bertz CT molecular complexity index is 819. The van der Waals surface area contributed by atoms with Gasteiger partial charge < -0.3 is 18.9 Å². The van der Waals surface area contributed by atoms with Gasteiger partial charge in [-0.1, -0.05) is 6.07 Å². The Kier molecular flexibility index (Phi) is 5.40. The summed E-state index contributed by atoms with van der Waals surface area (Å²) in [6, 6.07) is 9.42. The molecular formula is C16H19NO6S. The maximum Gasteiger partial charge on any atom is 0.265 e. The Balaban J connectivity index is 2.50. The standard InChI is InChI=1S/C16H19NO6S/c1-20-11-8-9-13(21-2)15(10-11)24(18,19)17-12-6-5-7-14(22-3)16(12)23-4/h5-10,17H,1-4H3. The molecule has 0 aliphatic heterocycles. The molecule has 0 aliphatic carbocycles. The van der Waals surface area contributed by atoms with Crippen molar-refractivity contribution in [1.82, 2.24) is 0 Å². The van der Waals surface area contributed by atoms with E-state index in [0.29, 0.717) is 11.5 Å². The molecule has 2 rings (SSSR count). The van der Waals surface area contributed by atoms with Crippen molar-refractivity contribution in [3.8, 4) is 23.0 Å². The normalized spacial score (nSPS) is 10.8. The molecule has 0 spiro atoms. The van der Waals surface area contributed by atoms with Gasteiger partial charge in [0.05, 0.1) is 34.1 Å². The van der Waals surface area contributed by atoms with Crippen molar-refractivity contribution >= 4 is 15.7 Å². The molecule has 0 bridgehead atoms. The van der Waals surface area contributed by atoms with Crippen LogP contribution in [0, 0.1) is 0 Å². The van der Waals surface area contributed by atoms with Crippen molar-refractivity contribution in [2.45, 2.75) is 4.90 Å². The molecule has 8 heteroatoms. The van der Waals surface area contributed by atoms with E-state index in [1.807, 2.05) is 0 Å². The van der Waals surface area contributed by atoms with Gasteiger partial charge in [0.2, 0.25) is 0 Å². The smallest absolute Gasteiger partial charge is 0.265 e. The fraction of sp³-hybridized carbons (Fsp3) is 0.250. The van der Waals surface area contributed by atoms with Gasteiger partial charge in [0.15, 0.2) is 11.5 Å². The highest BCUT2D eigenvalue weighted by molar-refractivity contribution is 7.92. The van der Waals surface area contributed by atoms with Crippen molar-refractivity contribution < 1.29 is 27.4 Å². The molecule has 0 aliphatic rings. The first-order valence-electron chi connectivity index (χ1n) is 6.92. The molecule has 2 aromatic carbocycles. The van der Waals surface area contributed by atoms with Gasteiger partial charge in [-0.25, -0.2) is 8.42 Å². The minimum Gasteiger partial charge on any atom is -0.497 e. The van der Waals surface area contributed by atoms with Crippen LogP contribution in [0.15, 0.2) is 41.3 Å². The summed E-state index contributed by atoms with van der Waals surface area (Å²) in [4.78, 5) is -0.0470. The first-order valence-corrected chi connectivity index (χ1v) is 8.41. The Morgan fingerprint density at radius 1 is 0.833 bits per heavy atom. The van der Waals surface area contributed by atoms with Crippen LogP contribution in [0.5, 0.6) is 23.0 Å². The van der Waals surface area contributed by atoms with Crippen molar-refractivity contribution in [2.24, 2.45) is 0 Å². The SMILES string of the molecule is COc1ccc(OC)c(S(=O)(=O)Nc2cccc(OC)c2OC)c1. The van der Waals surface area contributed by atoms with Gasteiger partial charge in [-0.3, -0.25) is 4.72 Å². The van der Waals surface area contributed by atoms with Crippen LogP contribution in [0.1, 0.15) is 0 Å². The van der Waals surface area contributed by atoms with Crippen LogP contribution in [-0.2, 0) is 10.0 Å². The van der Waals surface area contributed by atoms with E-state index in [0.717, 1.165) is 0 Å². The van der Waals surface area contributed by atoms with Gasteiger partial charge in [0.1, 0.15) is 16.4 Å². The molecule has 0 atom stereocenters. The number of benzene rings is 2. The number of rotatable bonds is 7. The van der Waals surface area contributed by atoms with Crippen LogP contribution in [-0.4, -0.2) is 36.9 Å². The third kappa shape index (κ3) is 3.48. The lowest BCUT2D eigenvalue weighted by atomic mass is 10.3. The second kappa shape index (κ2) is 7.31. The molecule has 1 N–H and O–H groups in total. The number of methoxy groups -OCH3 is 4. The molecule has 0 amide bonds. The predicted octanol–water partition coefficient (Wildman–Crippen LogP) is 2.52. The number of hydrogen-bond acceptors (Lipinski definition) is 6. The molecule has 0 unspecified atom stereocenters. The van der Waals surface area contributed by atoms with Gasteiger partial charge in [-0.15, -0.1) is 0 Å². The zero-order valence-corrected chi connectivity index (χ0v) is 14.6. The molecule has 0 saturated carbocycles. The van der Waals surface area contributed by atoms with Crippen molar-refractivity contribution in [3.05, 3.63) is 36.4 Å². The highest BCUT2D eigenvalue weighted by Crippen LogP contribution is 2.37. The van der Waals surface area contributed by atoms with Crippen LogP contribution >= 0.6 is 0 Å². The van der Waals surface area contributed by atoms with Crippen molar-refractivity contribution in [2.75, 3.05) is 33.2 Å². The van der Waals surface area contributed by atoms with E-state index in [1.54, 1.807) is 24.3 Å². The average molecular weight is 353 g/mol. The first kappa shape index (κ1) is 17.7. The van der Waals surface area contributed by atoms with E-state index in [4.69, 9.17) is 18.9 Å². The molecule has 0 radical (unpaired) electrons. The summed E-state index contributed by atoms with van der Waals surface area (Å²) in [5.41, 5.74) is 0.252. The highest BCUT2D eigenvalue weighted by atomic mass is 32.2. The number of para-hydroxylation sites is 1. The summed E-state index contributed by atoms with van der Waals surface area (Å²) < 4.78 is 48.7. The molecular weight excluding hydrogens is 334 g/mol. The monoisotopic (exact) mass is 353 g/mol. The lowest BCUT2D eigenvalue weighted by Gasteiger charge is -2.16. The van der Waals surface area contributed by atoms with Crippen LogP contribution in [0.2, 0.25) is 0 Å². The number of anilines is 1. The molecule has 0 saturated heterocycles. The lowest BCUT2D eigenvalue weighted by Crippen LogP contribution is -2.15. The second-order valence-electron chi connectivity index (χ2n) is 4.66. The summed E-state index contributed by atoms with van der Waals surface area (Å²) >= 11 is 0. The summed E-state index contributed by atoms with van der Waals surface area (Å²) in [6.07, 6.45) is 0. The zero-order chi connectivity index (χ0) is 17.7. The van der Waals surface area contributed by atoms with Gasteiger partial charge in [-0.2, -0.15) is 0 Å². The van der Waals surface area contributed by atoms with Crippen molar-refractivity contribution in [3.63, 3.8) is 0 Å². The second-order valence-corrected chi connectivity index (χ2v) is 6.31. The number of hydrogen-bond donors (Lipinski definition) is 1. The van der Waals surface area contributed by atoms with Gasteiger partial charge in [0, 0.05) is 6.07 Å². The van der Waals surface area contributed by atoms with E-state index in [-0.39, 0.29) is 22.1 Å². The molecule has 0 fully saturated rings. The molecule has 130 valence electrons. The Hall–Kier alpha value is -2.61. The fourth-order valence-electron chi connectivity index (χ4n) is 2.16. The lowest BCUT2D eigenvalue weighted by molar-refractivity contribution is 0.356. The third-order valence-electron chi connectivity index (χ3n) is 3.31. The summed E-state index contributed by atoms with van der Waals surface area (Å²) in [5, 5.41) is 0. The Morgan fingerprint density at radius 3 is 2.12 bits per heavy atom. The molecule has 24 heavy (non-hydrogen) atoms. The van der Waals surface area contributed by atoms with Crippen LogP contribution in [0.4, 0.5) is 5.69 Å². The molecule has 7 nitrogen and oxygen atoms in total. The van der Waals surface area contributed by atoms with E-state index in [1.165, 1.54) is 40.6 Å². The summed E-state index contributed by atoms with van der Waals surface area (Å²) in [6.45, 7) is 0. The highest BCUT2D eigenvalue weighted by Gasteiger charge is 2.23. The number of sulfonamides is 1. The van der Waals surface area contributed by atoms with E-state index >= 15 is 0 Å². The van der Waals surface area contributed by atoms with Gasteiger partial charge >= 0.3 is 0 Å². The Labute approximate surface area is 141 Å². The third-order valence-corrected chi connectivity index (χ3v) is 4.69. The predicted molar refractivity (Wildman–Crippen MR) is 89.9 cm³/mol. The largest absolute Gasteiger partial charge is 0.497 e. The number of ether oxygens (including phenoxy) is 4. The van der Waals surface area contributed by atoms with Crippen LogP contribution in [0.3, 0.4) is 0 Å². The minimum absolute atomic E-state index is 0.0470. The van der Waals surface area contributed by atoms with Gasteiger partial charge in [-0.05, 0) is 24.3 Å². The zero-order valence-electron chi connectivity index (χ0n) is 13.8. The number of nitrogens with one attached hydrogen (secondary N) is 1. The van der Waals surface area contributed by atoms with Crippen LogP contribution < -0.4 is 23.7 Å². The summed E-state index contributed by atoms with van der Waals surface area (Å²) in [7, 11) is 1.82. The topological polar surface area (TPSA) is 83.1 Å². The van der Waals surface area contributed by atoms with E-state index in [2.05, 4.69) is 4.72 Å². The first-order chi connectivity index (χ1) is 11.5. The molecule has 0 heterocycles. The summed E-state index contributed by atoms with van der Waals surface area (Å²) in [5.74, 6) is 1.29. The average Bonchev–Trinajstić information content (AvgIpc) is 2.60. The van der Waals surface area contributed by atoms with Crippen LogP contribution in [0.25, 0.3) is 0 Å². The van der Waals surface area contributed by atoms with Gasteiger partial charge in [0.25, 0.3) is 10.0 Å². The molecule has 0 aromatic heterocycles. The van der Waals surface area contributed by atoms with E-state index in [9.17, 15) is 8.42 Å². The van der Waals surface area contributed by atoms with Crippen molar-refractivity contribution in [1.29, 1.82) is 0 Å². The quantitative estimate of drug-likeness (QED) is 0.823. The fourth-order valence-corrected chi connectivity index (χ4v) is 3.41. The maximum atomic E-state index is 12.8. The minimum atomic E-state index is -3.94. The molecule has 2 aromatic rings. The maximum absolute atomic E-state index is 12.8.